The van der Waals surface area contributed by atoms with Crippen LogP contribution in [-0.4, -0.2) is 43.5 Å². The van der Waals surface area contributed by atoms with Gasteiger partial charge in [0.15, 0.2) is 0 Å². The number of rotatable bonds is 6. The van der Waals surface area contributed by atoms with E-state index in [1.54, 1.807) is 6.92 Å². The van der Waals surface area contributed by atoms with E-state index in [4.69, 9.17) is 0 Å². The van der Waals surface area contributed by atoms with E-state index in [0.29, 0.717) is 23.4 Å². The number of nitrogens with zero attached hydrogens (tertiary/aromatic N) is 3. The summed E-state index contributed by atoms with van der Waals surface area (Å²) in [7, 11) is 0. The molecule has 12 heteroatoms. The highest BCUT2D eigenvalue weighted by molar-refractivity contribution is 6.44. The first-order valence-corrected chi connectivity index (χ1v) is 11.5. The smallest absolute Gasteiger partial charge is 0.293 e. The number of H-pyrrole nitrogens is 1. The van der Waals surface area contributed by atoms with Crippen LogP contribution < -0.4 is 10.6 Å². The number of benzene rings is 1. The Balaban J connectivity index is 1.31. The Morgan fingerprint density at radius 2 is 1.89 bits per heavy atom. The molecule has 0 radical (unpaired) electrons. The van der Waals surface area contributed by atoms with E-state index in [-0.39, 0.29) is 28.9 Å². The van der Waals surface area contributed by atoms with Crippen molar-refractivity contribution in [3.8, 4) is 0 Å². The number of nitrogens with one attached hydrogen (secondary N) is 3. The summed E-state index contributed by atoms with van der Waals surface area (Å²) in [6.45, 7) is 1.59. The van der Waals surface area contributed by atoms with Crippen molar-refractivity contribution in [2.24, 2.45) is 5.92 Å². The lowest BCUT2D eigenvalue weighted by Gasteiger charge is -2.46. The second-order valence-electron chi connectivity index (χ2n) is 9.82. The molecule has 2 aliphatic carbocycles. The van der Waals surface area contributed by atoms with E-state index in [1.807, 2.05) is 4.57 Å². The van der Waals surface area contributed by atoms with Gasteiger partial charge in [-0.3, -0.25) is 14.4 Å². The summed E-state index contributed by atoms with van der Waals surface area (Å²) in [5, 5.41) is 15.0. The summed E-state index contributed by atoms with van der Waals surface area (Å²) in [4.78, 5) is 39.7. The van der Waals surface area contributed by atoms with E-state index in [2.05, 4.69) is 26.0 Å². The average Bonchev–Trinajstić information content (AvgIpc) is 3.14. The molecule has 36 heavy (non-hydrogen) atoms. The first kappa shape index (κ1) is 22.5. The van der Waals surface area contributed by atoms with Crippen LogP contribution in [0.2, 0.25) is 0 Å². The normalized spacial score (nSPS) is 22.2. The number of alkyl halides is 2. The molecule has 2 atom stereocenters. The number of aromatic amines is 1. The number of amides is 2. The minimum atomic E-state index is -3.00. The summed E-state index contributed by atoms with van der Waals surface area (Å²) in [5.74, 6) is -5.59. The van der Waals surface area contributed by atoms with Crippen molar-refractivity contribution in [2.45, 2.75) is 50.1 Å². The van der Waals surface area contributed by atoms with E-state index in [1.165, 1.54) is 30.5 Å². The maximum absolute atomic E-state index is 13.8. The molecule has 0 saturated heterocycles. The number of halogens is 3. The van der Waals surface area contributed by atoms with Gasteiger partial charge in [0.2, 0.25) is 0 Å². The molecule has 1 aliphatic heterocycles. The molecule has 0 bridgehead atoms. The molecule has 2 fully saturated rings. The highest BCUT2D eigenvalue weighted by Gasteiger charge is 2.60. The number of aromatic nitrogens is 4. The van der Waals surface area contributed by atoms with Crippen molar-refractivity contribution in [1.29, 1.82) is 0 Å². The lowest BCUT2D eigenvalue weighted by molar-refractivity contribution is -0.148. The first-order chi connectivity index (χ1) is 17.1. The van der Waals surface area contributed by atoms with Crippen LogP contribution in [0.15, 0.2) is 30.5 Å². The van der Waals surface area contributed by atoms with Crippen molar-refractivity contribution >= 4 is 23.3 Å². The molecule has 3 aliphatic rings. The number of carbonyl (C=O) groups is 3. The number of anilines is 1. The number of carbonyl (C=O) groups excluding carboxylic acids is 3. The van der Waals surface area contributed by atoms with Crippen LogP contribution in [0.5, 0.6) is 0 Å². The number of ketones is 1. The van der Waals surface area contributed by atoms with E-state index >= 15 is 0 Å². The fourth-order valence-electron chi connectivity index (χ4n) is 5.64. The molecular weight excluding hydrogens is 477 g/mol. The molecule has 3 aromatic rings. The Kier molecular flexibility index (Phi) is 4.70. The predicted octanol–water partition coefficient (Wildman–Crippen LogP) is 3.05. The van der Waals surface area contributed by atoms with Crippen LogP contribution in [0.4, 0.5) is 18.9 Å². The maximum atomic E-state index is 13.8. The SMILES string of the molecule is Cc1c(C(=O)C(=O)NC2(c3cn[nH]n3)CC(F)(F)C2)c2n(c1C(=O)Nc1ccc(F)cc1)C1CC1C2. The zero-order chi connectivity index (χ0) is 25.4. The highest BCUT2D eigenvalue weighted by Crippen LogP contribution is 2.55. The number of hydrogen-bond acceptors (Lipinski definition) is 5. The van der Waals surface area contributed by atoms with Crippen LogP contribution in [0.1, 0.15) is 63.1 Å². The molecule has 186 valence electrons. The molecule has 3 heterocycles. The standard InChI is InChI=1S/C24H21F3N6O3/c1-11-18(20(34)22(36)30-23(9-24(26,27)10-23)17-8-28-32-31-17)16-7-12-6-15(12)33(16)19(11)21(35)29-14-4-2-13(25)3-5-14/h2-5,8,12,15H,6-7,9-10H2,1H3,(H,29,35)(H,30,36)(H,28,31,32). The van der Waals surface area contributed by atoms with Gasteiger partial charge in [-0.2, -0.15) is 15.4 Å². The number of fused-ring (bicyclic) bond motifs is 3. The Hall–Kier alpha value is -3.96. The maximum Gasteiger partial charge on any atom is 0.293 e. The fraction of sp³-hybridized carbons (Fsp3) is 0.375. The van der Waals surface area contributed by atoms with E-state index in [0.717, 1.165) is 6.42 Å². The summed E-state index contributed by atoms with van der Waals surface area (Å²) < 4.78 is 42.7. The Morgan fingerprint density at radius 3 is 2.53 bits per heavy atom. The van der Waals surface area contributed by atoms with Gasteiger partial charge in [0.25, 0.3) is 23.5 Å². The molecular formula is C24H21F3N6O3. The molecule has 1 aromatic carbocycles. The summed E-state index contributed by atoms with van der Waals surface area (Å²) in [6, 6.07) is 5.34. The van der Waals surface area contributed by atoms with Gasteiger partial charge in [0.05, 0.1) is 17.3 Å². The van der Waals surface area contributed by atoms with Crippen molar-refractivity contribution < 1.29 is 27.6 Å². The van der Waals surface area contributed by atoms with Gasteiger partial charge in [-0.05, 0) is 55.5 Å². The van der Waals surface area contributed by atoms with Gasteiger partial charge in [0.1, 0.15) is 17.2 Å². The van der Waals surface area contributed by atoms with Crippen molar-refractivity contribution in [3.05, 3.63) is 64.5 Å². The van der Waals surface area contributed by atoms with Crippen molar-refractivity contribution in [3.63, 3.8) is 0 Å². The second kappa shape index (κ2) is 7.52. The van der Waals surface area contributed by atoms with Gasteiger partial charge >= 0.3 is 0 Å². The predicted molar refractivity (Wildman–Crippen MR) is 119 cm³/mol. The zero-order valence-electron chi connectivity index (χ0n) is 19.1. The monoisotopic (exact) mass is 498 g/mol. The molecule has 3 N–H and O–H groups in total. The lowest BCUT2D eigenvalue weighted by atomic mass is 9.71. The van der Waals surface area contributed by atoms with Gasteiger partial charge in [-0.1, -0.05) is 0 Å². The van der Waals surface area contributed by atoms with E-state index < -0.39 is 47.7 Å². The third-order valence-electron chi connectivity index (χ3n) is 7.35. The molecule has 9 nitrogen and oxygen atoms in total. The zero-order valence-corrected chi connectivity index (χ0v) is 19.1. The molecule has 2 saturated carbocycles. The first-order valence-electron chi connectivity index (χ1n) is 11.5. The Bertz CT molecular complexity index is 1410. The lowest BCUT2D eigenvalue weighted by Crippen LogP contribution is -2.61. The number of Topliss-reactive ketones (excluding diaryl/α,β-unsaturated/α-hetero) is 1. The number of hydrogen-bond donors (Lipinski definition) is 3. The van der Waals surface area contributed by atoms with Gasteiger partial charge in [-0.25, -0.2) is 13.2 Å². The molecule has 2 unspecified atom stereocenters. The quantitative estimate of drug-likeness (QED) is 0.356. The van der Waals surface area contributed by atoms with Crippen molar-refractivity contribution in [2.75, 3.05) is 5.32 Å². The largest absolute Gasteiger partial charge is 0.337 e. The van der Waals surface area contributed by atoms with Crippen LogP contribution >= 0.6 is 0 Å². The molecule has 0 spiro atoms. The van der Waals surface area contributed by atoms with Crippen LogP contribution in [0.3, 0.4) is 0 Å². The van der Waals surface area contributed by atoms with Crippen LogP contribution in [0, 0.1) is 18.7 Å². The third-order valence-corrected chi connectivity index (χ3v) is 7.35. The summed E-state index contributed by atoms with van der Waals surface area (Å²) >= 11 is 0. The Morgan fingerprint density at radius 1 is 1.17 bits per heavy atom. The molecule has 6 rings (SSSR count). The Labute approximate surface area is 202 Å². The summed E-state index contributed by atoms with van der Waals surface area (Å²) in [6.07, 6.45) is 1.24. The second-order valence-corrected chi connectivity index (χ2v) is 9.82. The minimum absolute atomic E-state index is 0.0593. The van der Waals surface area contributed by atoms with Crippen LogP contribution in [0.25, 0.3) is 0 Å². The topological polar surface area (TPSA) is 122 Å². The highest BCUT2D eigenvalue weighted by atomic mass is 19.3. The minimum Gasteiger partial charge on any atom is -0.337 e. The van der Waals surface area contributed by atoms with Gasteiger partial charge in [0, 0.05) is 30.3 Å². The molecule has 2 aromatic heterocycles. The van der Waals surface area contributed by atoms with Crippen molar-refractivity contribution in [1.82, 2.24) is 25.3 Å². The fourth-order valence-corrected chi connectivity index (χ4v) is 5.64. The van der Waals surface area contributed by atoms with Crippen LogP contribution in [-0.2, 0) is 16.8 Å². The molecule has 2 amide bonds. The van der Waals surface area contributed by atoms with Gasteiger partial charge in [-0.15, -0.1) is 0 Å². The van der Waals surface area contributed by atoms with E-state index in [9.17, 15) is 27.6 Å². The third kappa shape index (κ3) is 3.42. The van der Waals surface area contributed by atoms with Gasteiger partial charge < -0.3 is 15.2 Å². The summed E-state index contributed by atoms with van der Waals surface area (Å²) in [5.41, 5.74) is 0.298. The average molecular weight is 498 g/mol.